The highest BCUT2D eigenvalue weighted by Crippen LogP contribution is 2.42. The van der Waals surface area contributed by atoms with E-state index in [0.717, 1.165) is 17.9 Å². The summed E-state index contributed by atoms with van der Waals surface area (Å²) in [6, 6.07) is 5.80. The summed E-state index contributed by atoms with van der Waals surface area (Å²) >= 11 is 3.70. The number of rotatable bonds is 3. The van der Waals surface area contributed by atoms with Crippen molar-refractivity contribution in [3.05, 3.63) is 23.8 Å². The molecule has 0 aromatic heterocycles. The molecule has 1 heterocycles. The molecule has 0 bridgehead atoms. The van der Waals surface area contributed by atoms with Crippen LogP contribution >= 0.6 is 15.9 Å². The van der Waals surface area contributed by atoms with Crippen LogP contribution < -0.4 is 10.6 Å². The third-order valence-electron chi connectivity index (χ3n) is 3.51. The molecule has 0 radical (unpaired) electrons. The summed E-state index contributed by atoms with van der Waals surface area (Å²) in [5.74, 6) is 0.302. The van der Waals surface area contributed by atoms with Gasteiger partial charge in [-0.2, -0.15) is 0 Å². The van der Waals surface area contributed by atoms with Gasteiger partial charge in [0.15, 0.2) is 0 Å². The molecule has 19 heavy (non-hydrogen) atoms. The Morgan fingerprint density at radius 1 is 1.16 bits per heavy atom. The predicted octanol–water partition coefficient (Wildman–Crippen LogP) is 3.20. The van der Waals surface area contributed by atoms with E-state index in [4.69, 9.17) is 0 Å². The molecule has 1 atom stereocenters. The Hall–Kier alpha value is -1.36. The summed E-state index contributed by atoms with van der Waals surface area (Å²) < 4.78 is 0. The van der Waals surface area contributed by atoms with Gasteiger partial charge in [-0.15, -0.1) is 0 Å². The van der Waals surface area contributed by atoms with Gasteiger partial charge in [0.25, 0.3) is 0 Å². The second-order valence-corrected chi connectivity index (χ2v) is 6.33. The van der Waals surface area contributed by atoms with Crippen LogP contribution in [0.25, 0.3) is 0 Å². The maximum Gasteiger partial charge on any atom is 0.233 e. The summed E-state index contributed by atoms with van der Waals surface area (Å²) in [4.78, 5) is 23.3. The van der Waals surface area contributed by atoms with Gasteiger partial charge in [-0.3, -0.25) is 9.59 Å². The van der Waals surface area contributed by atoms with Crippen LogP contribution in [0.2, 0.25) is 0 Å². The van der Waals surface area contributed by atoms with Gasteiger partial charge in [-0.25, -0.2) is 0 Å². The van der Waals surface area contributed by atoms with Crippen molar-refractivity contribution in [2.45, 2.75) is 30.5 Å². The van der Waals surface area contributed by atoms with Crippen LogP contribution in [-0.4, -0.2) is 11.8 Å². The second-order valence-electron chi connectivity index (χ2n) is 5.22. The van der Waals surface area contributed by atoms with Crippen LogP contribution in [-0.2, 0) is 9.59 Å². The summed E-state index contributed by atoms with van der Waals surface area (Å²) in [6.45, 7) is 0. The Bertz CT molecular complexity index is 540. The third-order valence-corrected chi connectivity index (χ3v) is 4.41. The lowest BCUT2D eigenvalue weighted by Crippen LogP contribution is -2.16. The molecule has 2 amide bonds. The van der Waals surface area contributed by atoms with Gasteiger partial charge in [0.05, 0.1) is 11.4 Å². The molecule has 1 fully saturated rings. The zero-order valence-corrected chi connectivity index (χ0v) is 12.0. The quantitative estimate of drug-likeness (QED) is 0.663. The van der Waals surface area contributed by atoms with E-state index < -0.39 is 0 Å². The number of hydrogen-bond donors (Lipinski definition) is 2. The summed E-state index contributed by atoms with van der Waals surface area (Å²) in [5.41, 5.74) is 2.50. The van der Waals surface area contributed by atoms with Gasteiger partial charge >= 0.3 is 0 Å². The zero-order valence-electron chi connectivity index (χ0n) is 10.4. The van der Waals surface area contributed by atoms with E-state index in [1.165, 1.54) is 12.8 Å². The van der Waals surface area contributed by atoms with E-state index in [0.29, 0.717) is 16.2 Å². The number of anilines is 2. The Kier molecular flexibility index (Phi) is 3.31. The minimum atomic E-state index is -0.266. The molecule has 1 aliphatic carbocycles. The molecule has 1 unspecified atom stereocenters. The average molecular weight is 323 g/mol. The van der Waals surface area contributed by atoms with Crippen molar-refractivity contribution in [2.75, 3.05) is 10.6 Å². The van der Waals surface area contributed by atoms with Crippen LogP contribution in [0.4, 0.5) is 11.4 Å². The summed E-state index contributed by atoms with van der Waals surface area (Å²) in [7, 11) is 0. The maximum atomic E-state index is 11.5. The molecule has 100 valence electrons. The molecule has 0 saturated heterocycles. The van der Waals surface area contributed by atoms with E-state index in [1.54, 1.807) is 0 Å². The van der Waals surface area contributed by atoms with Crippen molar-refractivity contribution >= 4 is 39.1 Å². The molecule has 2 aliphatic rings. The van der Waals surface area contributed by atoms with E-state index >= 15 is 0 Å². The molecule has 1 saturated carbocycles. The zero-order chi connectivity index (χ0) is 13.4. The topological polar surface area (TPSA) is 58.2 Å². The van der Waals surface area contributed by atoms with Gasteiger partial charge in [0.2, 0.25) is 11.8 Å². The van der Waals surface area contributed by atoms with Gasteiger partial charge in [-0.05, 0) is 30.0 Å². The lowest BCUT2D eigenvalue weighted by molar-refractivity contribution is -0.123. The number of carbonyl (C=O) groups excluding carboxylic acids is 2. The fourth-order valence-electron chi connectivity index (χ4n) is 2.29. The monoisotopic (exact) mass is 322 g/mol. The first-order chi connectivity index (χ1) is 9.11. The third kappa shape index (κ3) is 2.97. The highest BCUT2D eigenvalue weighted by atomic mass is 79.9. The normalized spacial score (nSPS) is 20.1. The Morgan fingerprint density at radius 2 is 1.84 bits per heavy atom. The highest BCUT2D eigenvalue weighted by molar-refractivity contribution is 9.09. The first-order valence-electron chi connectivity index (χ1n) is 6.49. The van der Waals surface area contributed by atoms with Crippen LogP contribution in [0, 0.1) is 5.92 Å². The van der Waals surface area contributed by atoms with Crippen molar-refractivity contribution in [1.82, 2.24) is 0 Å². The standard InChI is InChI=1S/C14H15BrN2O2/c15-10(5-8-1-2-8)9-3-4-11-12(6-9)17-14(19)7-13(18)16-11/h3-4,6,8,10H,1-2,5,7H2,(H,16,18)(H,17,19). The minimum Gasteiger partial charge on any atom is -0.324 e. The van der Waals surface area contributed by atoms with Crippen molar-refractivity contribution < 1.29 is 9.59 Å². The van der Waals surface area contributed by atoms with E-state index in [1.807, 2.05) is 18.2 Å². The molecule has 2 N–H and O–H groups in total. The summed E-state index contributed by atoms with van der Waals surface area (Å²) in [6.07, 6.45) is 3.64. The number of carbonyl (C=O) groups is 2. The highest BCUT2D eigenvalue weighted by Gasteiger charge is 2.26. The molecule has 3 rings (SSSR count). The number of amides is 2. The fraction of sp³-hybridized carbons (Fsp3) is 0.429. The van der Waals surface area contributed by atoms with Gasteiger partial charge in [0, 0.05) is 4.83 Å². The summed E-state index contributed by atoms with van der Waals surface area (Å²) in [5, 5.41) is 5.51. The van der Waals surface area contributed by atoms with Gasteiger partial charge in [-0.1, -0.05) is 34.8 Å². The number of halogens is 1. The maximum absolute atomic E-state index is 11.5. The molecule has 0 spiro atoms. The largest absolute Gasteiger partial charge is 0.324 e. The Balaban J connectivity index is 1.85. The number of alkyl halides is 1. The van der Waals surface area contributed by atoms with E-state index in [2.05, 4.69) is 26.6 Å². The fourth-order valence-corrected chi connectivity index (χ4v) is 3.10. The SMILES string of the molecule is O=C1CC(=O)Nc2cc(C(Br)CC3CC3)ccc2N1. The molecule has 5 heteroatoms. The number of nitrogens with one attached hydrogen (secondary N) is 2. The van der Waals surface area contributed by atoms with E-state index in [9.17, 15) is 9.59 Å². The van der Waals surface area contributed by atoms with Gasteiger partial charge in [0.1, 0.15) is 6.42 Å². The molecule has 4 nitrogen and oxygen atoms in total. The van der Waals surface area contributed by atoms with Crippen molar-refractivity contribution in [3.63, 3.8) is 0 Å². The smallest absolute Gasteiger partial charge is 0.233 e. The van der Waals surface area contributed by atoms with Crippen molar-refractivity contribution in [2.24, 2.45) is 5.92 Å². The Labute approximate surface area is 120 Å². The minimum absolute atomic E-state index is 0.121. The molecular formula is C14H15BrN2O2. The second kappa shape index (κ2) is 4.96. The molecule has 1 aromatic carbocycles. The number of fused-ring (bicyclic) bond motifs is 1. The van der Waals surface area contributed by atoms with Crippen LogP contribution in [0.3, 0.4) is 0 Å². The lowest BCUT2D eigenvalue weighted by Gasteiger charge is -2.13. The molecule has 1 aromatic rings. The van der Waals surface area contributed by atoms with E-state index in [-0.39, 0.29) is 18.2 Å². The first-order valence-corrected chi connectivity index (χ1v) is 7.41. The number of hydrogen-bond acceptors (Lipinski definition) is 2. The predicted molar refractivity (Wildman–Crippen MR) is 77.3 cm³/mol. The Morgan fingerprint density at radius 3 is 2.53 bits per heavy atom. The van der Waals surface area contributed by atoms with Crippen molar-refractivity contribution in [3.8, 4) is 0 Å². The van der Waals surface area contributed by atoms with Gasteiger partial charge < -0.3 is 10.6 Å². The van der Waals surface area contributed by atoms with Crippen LogP contribution in [0.15, 0.2) is 18.2 Å². The van der Waals surface area contributed by atoms with Crippen LogP contribution in [0.1, 0.15) is 36.1 Å². The first kappa shape index (κ1) is 12.7. The molecule has 1 aliphatic heterocycles. The average Bonchev–Trinajstić information content (AvgIpc) is 3.14. The lowest BCUT2D eigenvalue weighted by atomic mass is 10.1. The van der Waals surface area contributed by atoms with Crippen molar-refractivity contribution in [1.29, 1.82) is 0 Å². The van der Waals surface area contributed by atoms with Crippen LogP contribution in [0.5, 0.6) is 0 Å². The number of benzene rings is 1. The molecular weight excluding hydrogens is 308 g/mol.